The minimum atomic E-state index is -0.113. The third kappa shape index (κ3) is 9.39. The monoisotopic (exact) mass is 566 g/mol. The van der Waals surface area contributed by atoms with Crippen molar-refractivity contribution in [3.05, 3.63) is 63.6 Å². The molecule has 1 heterocycles. The summed E-state index contributed by atoms with van der Waals surface area (Å²) in [6.07, 6.45) is 10.6. The second-order valence-electron chi connectivity index (χ2n) is 11.4. The number of methoxy groups -OCH3 is 1. The van der Waals surface area contributed by atoms with E-state index in [0.717, 1.165) is 75.1 Å². The minimum absolute atomic E-state index is 0.00566. The van der Waals surface area contributed by atoms with Crippen LogP contribution in [0.3, 0.4) is 0 Å². The number of carbonyl (C=O) groups is 1. The summed E-state index contributed by atoms with van der Waals surface area (Å²) in [5.41, 5.74) is 13.3. The summed E-state index contributed by atoms with van der Waals surface area (Å²) in [7, 11) is 1.67. The highest BCUT2D eigenvalue weighted by Gasteiger charge is 2.31. The highest BCUT2D eigenvalue weighted by molar-refractivity contribution is 5.95. The summed E-state index contributed by atoms with van der Waals surface area (Å²) >= 11 is 0. The lowest BCUT2D eigenvalue weighted by atomic mass is 9.86. The molecule has 2 aliphatic carbocycles. The SMILES string of the molecule is COCCOCC1=CC(O[C@H]2CC[C@H](C(=O)N(CN=[N+]=[N-])c3ccc(CN4CCN[C@@H](C)C4)c(C)c3)CC2)CC=C1. The van der Waals surface area contributed by atoms with Crippen molar-refractivity contribution in [3.63, 3.8) is 0 Å². The van der Waals surface area contributed by atoms with Gasteiger partial charge in [0.2, 0.25) is 5.91 Å². The van der Waals surface area contributed by atoms with E-state index >= 15 is 0 Å². The number of hydrogen-bond acceptors (Lipinski definition) is 7. The molecular formula is C31H46N6O4. The third-order valence-electron chi connectivity index (χ3n) is 8.21. The van der Waals surface area contributed by atoms with Gasteiger partial charge >= 0.3 is 0 Å². The number of aryl methyl sites for hydroxylation is 1. The van der Waals surface area contributed by atoms with Gasteiger partial charge in [-0.05, 0) is 80.3 Å². The Balaban J connectivity index is 1.32. The Morgan fingerprint density at radius 2 is 2.07 bits per heavy atom. The molecule has 1 aliphatic heterocycles. The first kappa shape index (κ1) is 31.2. The first-order chi connectivity index (χ1) is 20.0. The Hall–Kier alpha value is -2.72. The lowest BCUT2D eigenvalue weighted by Gasteiger charge is -2.34. The van der Waals surface area contributed by atoms with Crippen LogP contribution in [0.5, 0.6) is 0 Å². The van der Waals surface area contributed by atoms with Crippen molar-refractivity contribution in [2.24, 2.45) is 11.0 Å². The van der Waals surface area contributed by atoms with Gasteiger partial charge < -0.3 is 24.4 Å². The molecule has 1 saturated heterocycles. The highest BCUT2D eigenvalue weighted by atomic mass is 16.5. The number of rotatable bonds is 13. The largest absolute Gasteiger partial charge is 0.382 e. The summed E-state index contributed by atoms with van der Waals surface area (Å²) in [6, 6.07) is 6.65. The number of carbonyl (C=O) groups excluding carboxylic acids is 1. The Morgan fingerprint density at radius 1 is 1.24 bits per heavy atom. The molecule has 224 valence electrons. The normalized spacial score (nSPS) is 24.9. The van der Waals surface area contributed by atoms with Crippen molar-refractivity contribution in [1.29, 1.82) is 0 Å². The third-order valence-corrected chi connectivity index (χ3v) is 8.21. The standard InChI is InChI=1S/C31H46N6O4/c1-23-17-28(10-7-27(23)20-36-14-13-33-24(2)19-36)37(22-34-35-32)31(38)26-8-11-29(12-9-26)41-30-6-4-5-25(18-30)21-40-16-15-39-3/h4-5,7,10,17-18,24,26,29-30,33H,6,8-9,11-16,19-22H2,1-3H3/t24-,26-,29-,30?/m0/s1. The predicted molar refractivity (Wildman–Crippen MR) is 161 cm³/mol. The average molecular weight is 567 g/mol. The van der Waals surface area contributed by atoms with Crippen LogP contribution in [0.15, 0.2) is 47.1 Å². The molecule has 10 nitrogen and oxygen atoms in total. The molecule has 2 fully saturated rings. The molecule has 1 unspecified atom stereocenters. The maximum absolute atomic E-state index is 13.7. The number of hydrogen-bond donors (Lipinski definition) is 1. The molecular weight excluding hydrogens is 520 g/mol. The van der Waals surface area contributed by atoms with E-state index in [4.69, 9.17) is 19.7 Å². The summed E-state index contributed by atoms with van der Waals surface area (Å²) in [6.45, 7) is 9.94. The zero-order valence-electron chi connectivity index (χ0n) is 24.8. The molecule has 3 aliphatic rings. The van der Waals surface area contributed by atoms with E-state index in [1.807, 2.05) is 6.07 Å². The molecule has 2 atom stereocenters. The number of ether oxygens (including phenoxy) is 3. The smallest absolute Gasteiger partial charge is 0.230 e. The fourth-order valence-electron chi connectivity index (χ4n) is 5.94. The summed E-state index contributed by atoms with van der Waals surface area (Å²) in [5, 5.41) is 7.25. The zero-order valence-corrected chi connectivity index (χ0v) is 24.8. The Kier molecular flexibility index (Phi) is 12.2. The molecule has 0 spiro atoms. The molecule has 41 heavy (non-hydrogen) atoms. The molecule has 4 rings (SSSR count). The van der Waals surface area contributed by atoms with Crippen LogP contribution in [0.4, 0.5) is 5.69 Å². The zero-order chi connectivity index (χ0) is 29.0. The number of anilines is 1. The van der Waals surface area contributed by atoms with Crippen molar-refractivity contribution in [2.45, 2.75) is 70.7 Å². The van der Waals surface area contributed by atoms with Crippen LogP contribution in [0.1, 0.15) is 50.2 Å². The summed E-state index contributed by atoms with van der Waals surface area (Å²) in [5.74, 6) is -0.0903. The average Bonchev–Trinajstić information content (AvgIpc) is 2.97. The van der Waals surface area contributed by atoms with Gasteiger partial charge in [0.1, 0.15) is 6.67 Å². The van der Waals surface area contributed by atoms with Crippen LogP contribution < -0.4 is 10.2 Å². The number of azide groups is 1. The summed E-state index contributed by atoms with van der Waals surface area (Å²) < 4.78 is 17.1. The van der Waals surface area contributed by atoms with Crippen LogP contribution in [-0.2, 0) is 25.5 Å². The van der Waals surface area contributed by atoms with E-state index in [1.54, 1.807) is 12.0 Å². The van der Waals surface area contributed by atoms with Gasteiger partial charge in [0.15, 0.2) is 0 Å². The van der Waals surface area contributed by atoms with E-state index in [-0.39, 0.29) is 30.7 Å². The van der Waals surface area contributed by atoms with Gasteiger partial charge in [0.05, 0.1) is 32.0 Å². The van der Waals surface area contributed by atoms with E-state index < -0.39 is 0 Å². The Morgan fingerprint density at radius 3 is 2.80 bits per heavy atom. The van der Waals surface area contributed by atoms with Gasteiger partial charge in [-0.1, -0.05) is 29.4 Å². The van der Waals surface area contributed by atoms with Gasteiger partial charge in [-0.15, -0.1) is 0 Å². The van der Waals surface area contributed by atoms with E-state index in [9.17, 15) is 4.79 Å². The van der Waals surface area contributed by atoms with Crippen LogP contribution in [0.25, 0.3) is 10.4 Å². The van der Waals surface area contributed by atoms with Gasteiger partial charge in [-0.3, -0.25) is 9.69 Å². The number of amides is 1. The first-order valence-corrected chi connectivity index (χ1v) is 14.9. The highest BCUT2D eigenvalue weighted by Crippen LogP contribution is 2.32. The summed E-state index contributed by atoms with van der Waals surface area (Å²) in [4.78, 5) is 20.7. The molecule has 1 aromatic carbocycles. The van der Waals surface area contributed by atoms with Crippen molar-refractivity contribution in [3.8, 4) is 0 Å². The first-order valence-electron chi connectivity index (χ1n) is 14.9. The maximum atomic E-state index is 13.7. The number of piperazine rings is 1. The van der Waals surface area contributed by atoms with E-state index in [1.165, 1.54) is 5.56 Å². The van der Waals surface area contributed by atoms with Crippen molar-refractivity contribution in [1.82, 2.24) is 10.2 Å². The second kappa shape index (κ2) is 16.1. The lowest BCUT2D eigenvalue weighted by molar-refractivity contribution is -0.124. The molecule has 1 saturated carbocycles. The van der Waals surface area contributed by atoms with Crippen molar-refractivity contribution >= 4 is 11.6 Å². The van der Waals surface area contributed by atoms with E-state index in [2.05, 4.69) is 64.5 Å². The van der Waals surface area contributed by atoms with Gasteiger partial charge in [-0.2, -0.15) is 0 Å². The molecule has 1 N–H and O–H groups in total. The number of nitrogens with one attached hydrogen (secondary N) is 1. The van der Waals surface area contributed by atoms with Gasteiger partial charge in [0.25, 0.3) is 0 Å². The number of benzene rings is 1. The fraction of sp³-hybridized carbons (Fsp3) is 0.645. The van der Waals surface area contributed by atoms with Crippen molar-refractivity contribution in [2.75, 3.05) is 58.1 Å². The van der Waals surface area contributed by atoms with Crippen LogP contribution >= 0.6 is 0 Å². The maximum Gasteiger partial charge on any atom is 0.230 e. The van der Waals surface area contributed by atoms with Gasteiger partial charge in [-0.25, -0.2) is 0 Å². The quantitative estimate of drug-likeness (QED) is 0.158. The minimum Gasteiger partial charge on any atom is -0.382 e. The van der Waals surface area contributed by atoms with E-state index in [0.29, 0.717) is 25.9 Å². The second-order valence-corrected chi connectivity index (χ2v) is 11.4. The van der Waals surface area contributed by atoms with Crippen LogP contribution in [-0.4, -0.2) is 82.3 Å². The molecule has 0 radical (unpaired) electrons. The Bertz CT molecular complexity index is 1110. The van der Waals surface area contributed by atoms with Crippen LogP contribution in [0, 0.1) is 12.8 Å². The number of nitrogens with zero attached hydrogens (tertiary/aromatic N) is 5. The topological polar surface area (TPSA) is 112 Å². The molecule has 1 amide bonds. The predicted octanol–water partition coefficient (Wildman–Crippen LogP) is 4.88. The Labute approximate surface area is 244 Å². The lowest BCUT2D eigenvalue weighted by Crippen LogP contribution is -2.48. The molecule has 10 heteroatoms. The fourth-order valence-corrected chi connectivity index (χ4v) is 5.94. The van der Waals surface area contributed by atoms with Crippen molar-refractivity contribution < 1.29 is 19.0 Å². The van der Waals surface area contributed by atoms with Crippen LogP contribution in [0.2, 0.25) is 0 Å². The molecule has 0 bridgehead atoms. The van der Waals surface area contributed by atoms with Gasteiger partial charge in [0, 0.05) is 55.8 Å². The molecule has 0 aromatic heterocycles. The molecule has 1 aromatic rings.